The topological polar surface area (TPSA) is 57.5 Å². The van der Waals surface area contributed by atoms with E-state index in [1.807, 2.05) is 33.8 Å². The molecule has 0 spiro atoms. The van der Waals surface area contributed by atoms with Crippen molar-refractivity contribution in [3.63, 3.8) is 0 Å². The molecule has 1 aromatic carbocycles. The number of benzene rings is 1. The van der Waals surface area contributed by atoms with Crippen LogP contribution in [0.1, 0.15) is 61.0 Å². The summed E-state index contributed by atoms with van der Waals surface area (Å²) in [7, 11) is 0. The Labute approximate surface area is 112 Å². The number of hydrogen-bond donors (Lipinski definition) is 2. The van der Waals surface area contributed by atoms with Crippen LogP contribution >= 0.6 is 0 Å². The Hall–Kier alpha value is -0.991. The van der Waals surface area contributed by atoms with Crippen LogP contribution in [0.25, 0.3) is 0 Å². The van der Waals surface area contributed by atoms with Crippen LogP contribution in [0.4, 0.5) is 0 Å². The zero-order chi connectivity index (χ0) is 12.5. The Morgan fingerprint density at radius 1 is 1.12 bits per heavy atom. The van der Waals surface area contributed by atoms with E-state index in [9.17, 15) is 9.90 Å². The maximum Gasteiger partial charge on any atom is 1.00 e. The third-order valence-electron chi connectivity index (χ3n) is 2.68. The molecule has 0 aliphatic carbocycles. The van der Waals surface area contributed by atoms with Gasteiger partial charge in [0.05, 0.1) is 0 Å². The Bertz CT molecular complexity index is 411. The summed E-state index contributed by atoms with van der Waals surface area (Å²) in [5.41, 5.74) is 1.64. The van der Waals surface area contributed by atoms with Gasteiger partial charge in [-0.15, -0.1) is 0 Å². The Kier molecular flexibility index (Phi) is 5.73. The monoisotopic (exact) mass is 285 g/mol. The normalized spacial score (nSPS) is 10.5. The second kappa shape index (κ2) is 6.08. The number of phenols is 1. The first kappa shape index (κ1) is 16.0. The van der Waals surface area contributed by atoms with Gasteiger partial charge >= 0.3 is 23.0 Å². The van der Waals surface area contributed by atoms with E-state index in [1.165, 1.54) is 0 Å². The minimum Gasteiger partial charge on any atom is -0.507 e. The standard InChI is InChI=1S/C13H18O3.Cu/c1-7(2)9-5-10(8(3)4)12(14)11(6-9)13(15)16;/h5-8,14H,1-4H3,(H,15,16);/q;+1. The quantitative estimate of drug-likeness (QED) is 0.838. The van der Waals surface area contributed by atoms with Gasteiger partial charge in [0.25, 0.3) is 0 Å². The van der Waals surface area contributed by atoms with Gasteiger partial charge in [-0.05, 0) is 29.0 Å². The van der Waals surface area contributed by atoms with Gasteiger partial charge in [0.1, 0.15) is 11.3 Å². The molecule has 1 rings (SSSR count). The average molecular weight is 286 g/mol. The van der Waals surface area contributed by atoms with Gasteiger partial charge in [0.15, 0.2) is 0 Å². The molecule has 3 nitrogen and oxygen atoms in total. The fourth-order valence-corrected chi connectivity index (χ4v) is 1.62. The van der Waals surface area contributed by atoms with Crippen molar-refractivity contribution in [3.8, 4) is 5.75 Å². The first-order chi connectivity index (χ1) is 7.34. The van der Waals surface area contributed by atoms with Crippen LogP contribution < -0.4 is 0 Å². The first-order valence-electron chi connectivity index (χ1n) is 5.44. The van der Waals surface area contributed by atoms with Crippen molar-refractivity contribution in [2.75, 3.05) is 0 Å². The Morgan fingerprint density at radius 3 is 2.00 bits per heavy atom. The summed E-state index contributed by atoms with van der Waals surface area (Å²) in [5, 5.41) is 18.9. The number of carboxylic acid groups (broad SMARTS) is 1. The summed E-state index contributed by atoms with van der Waals surface area (Å²) >= 11 is 0. The van der Waals surface area contributed by atoms with Crippen molar-refractivity contribution in [1.29, 1.82) is 0 Å². The van der Waals surface area contributed by atoms with Crippen LogP contribution in [-0.4, -0.2) is 16.2 Å². The fourth-order valence-electron chi connectivity index (χ4n) is 1.62. The Balaban J connectivity index is 0.00000256. The van der Waals surface area contributed by atoms with Crippen molar-refractivity contribution in [3.05, 3.63) is 28.8 Å². The van der Waals surface area contributed by atoms with Gasteiger partial charge in [0.2, 0.25) is 0 Å². The van der Waals surface area contributed by atoms with Crippen LogP contribution in [0.3, 0.4) is 0 Å². The number of rotatable bonds is 3. The van der Waals surface area contributed by atoms with E-state index in [0.29, 0.717) is 5.56 Å². The minimum atomic E-state index is -1.08. The third-order valence-corrected chi connectivity index (χ3v) is 2.68. The molecule has 0 aliphatic rings. The summed E-state index contributed by atoms with van der Waals surface area (Å²) < 4.78 is 0. The average Bonchev–Trinajstić information content (AvgIpc) is 2.16. The molecular formula is C13H18CuO3+. The molecule has 0 bridgehead atoms. The zero-order valence-corrected chi connectivity index (χ0v) is 11.4. The summed E-state index contributed by atoms with van der Waals surface area (Å²) in [6.07, 6.45) is 0. The van der Waals surface area contributed by atoms with E-state index in [2.05, 4.69) is 0 Å². The Morgan fingerprint density at radius 2 is 1.65 bits per heavy atom. The van der Waals surface area contributed by atoms with Crippen LogP contribution in [0.15, 0.2) is 12.1 Å². The van der Waals surface area contributed by atoms with E-state index in [0.717, 1.165) is 5.56 Å². The molecule has 0 fully saturated rings. The van der Waals surface area contributed by atoms with Crippen molar-refractivity contribution in [2.24, 2.45) is 0 Å². The van der Waals surface area contributed by atoms with Crippen LogP contribution in [0.5, 0.6) is 5.75 Å². The predicted octanol–water partition coefficient (Wildman–Crippen LogP) is 3.33. The molecule has 0 atom stereocenters. The molecule has 0 aromatic heterocycles. The SMILES string of the molecule is CC(C)c1cc(C(=O)O)c(O)c(C(C)C)c1.[Cu+]. The molecule has 0 aliphatic heterocycles. The van der Waals surface area contributed by atoms with Crippen LogP contribution in [-0.2, 0) is 17.1 Å². The smallest absolute Gasteiger partial charge is 0.507 e. The fraction of sp³-hybridized carbons (Fsp3) is 0.462. The third kappa shape index (κ3) is 3.48. The van der Waals surface area contributed by atoms with Crippen molar-refractivity contribution >= 4 is 5.97 Å². The number of carbonyl (C=O) groups is 1. The number of carboxylic acids is 1. The molecular weight excluding hydrogens is 268 g/mol. The maximum absolute atomic E-state index is 11.0. The molecule has 17 heavy (non-hydrogen) atoms. The van der Waals surface area contributed by atoms with Crippen molar-refractivity contribution in [2.45, 2.75) is 39.5 Å². The molecule has 4 heteroatoms. The molecule has 0 heterocycles. The molecule has 0 amide bonds. The van der Waals surface area contributed by atoms with Gasteiger partial charge in [-0.1, -0.05) is 33.8 Å². The molecule has 0 radical (unpaired) electrons. The largest absolute Gasteiger partial charge is 1.00 e. The number of aromatic carboxylic acids is 1. The molecule has 2 N–H and O–H groups in total. The van der Waals surface area contributed by atoms with E-state index < -0.39 is 5.97 Å². The predicted molar refractivity (Wildman–Crippen MR) is 63.2 cm³/mol. The minimum absolute atomic E-state index is 0. The van der Waals surface area contributed by atoms with E-state index in [4.69, 9.17) is 5.11 Å². The van der Waals surface area contributed by atoms with E-state index in [1.54, 1.807) is 6.07 Å². The van der Waals surface area contributed by atoms with Crippen LogP contribution in [0, 0.1) is 0 Å². The molecule has 0 saturated heterocycles. The molecule has 0 unspecified atom stereocenters. The van der Waals surface area contributed by atoms with Gasteiger partial charge in [-0.3, -0.25) is 0 Å². The second-order valence-electron chi connectivity index (χ2n) is 4.62. The van der Waals surface area contributed by atoms with Crippen molar-refractivity contribution in [1.82, 2.24) is 0 Å². The maximum atomic E-state index is 11.0. The van der Waals surface area contributed by atoms with Crippen molar-refractivity contribution < 1.29 is 32.1 Å². The van der Waals surface area contributed by atoms with E-state index in [-0.39, 0.29) is 40.2 Å². The second-order valence-corrected chi connectivity index (χ2v) is 4.62. The zero-order valence-electron chi connectivity index (χ0n) is 10.4. The number of hydrogen-bond acceptors (Lipinski definition) is 2. The van der Waals surface area contributed by atoms with Gasteiger partial charge in [-0.2, -0.15) is 0 Å². The van der Waals surface area contributed by atoms with Gasteiger partial charge in [0, 0.05) is 0 Å². The van der Waals surface area contributed by atoms with E-state index >= 15 is 0 Å². The summed E-state index contributed by atoms with van der Waals surface area (Å²) in [5.74, 6) is -0.832. The van der Waals surface area contributed by atoms with Gasteiger partial charge < -0.3 is 10.2 Å². The molecule has 0 saturated carbocycles. The number of aromatic hydroxyl groups is 1. The van der Waals surface area contributed by atoms with Crippen LogP contribution in [0.2, 0.25) is 0 Å². The summed E-state index contributed by atoms with van der Waals surface area (Å²) in [6, 6.07) is 3.44. The summed E-state index contributed by atoms with van der Waals surface area (Å²) in [6.45, 7) is 7.87. The first-order valence-corrected chi connectivity index (χ1v) is 5.44. The van der Waals surface area contributed by atoms with Gasteiger partial charge in [-0.25, -0.2) is 4.79 Å². The summed E-state index contributed by atoms with van der Waals surface area (Å²) in [4.78, 5) is 11.0. The molecule has 1 aromatic rings. The molecule has 98 valence electrons.